The Balaban J connectivity index is 1.98. The standard InChI is InChI=1S/C18H20N2O2/c1-11-7-8-14(9-12(11)2)20-17(16(19)18(20)21)13-5-4-6-15(10-13)22-3/h4-10,16-17H,19H2,1-3H3/t16-,17+/m0/s1. The zero-order valence-electron chi connectivity index (χ0n) is 13.0. The van der Waals surface area contributed by atoms with E-state index in [9.17, 15) is 4.79 Å². The summed E-state index contributed by atoms with van der Waals surface area (Å²) in [5.74, 6) is 0.722. The van der Waals surface area contributed by atoms with E-state index in [0.29, 0.717) is 0 Å². The molecule has 1 amide bonds. The molecule has 1 heterocycles. The van der Waals surface area contributed by atoms with E-state index >= 15 is 0 Å². The van der Waals surface area contributed by atoms with Gasteiger partial charge in [-0.1, -0.05) is 18.2 Å². The van der Waals surface area contributed by atoms with Gasteiger partial charge in [-0.3, -0.25) is 4.79 Å². The number of ether oxygens (including phenoxy) is 1. The van der Waals surface area contributed by atoms with Crippen molar-refractivity contribution in [3.63, 3.8) is 0 Å². The van der Waals surface area contributed by atoms with Gasteiger partial charge in [0.15, 0.2) is 0 Å². The second kappa shape index (κ2) is 5.46. The molecule has 0 spiro atoms. The highest BCUT2D eigenvalue weighted by atomic mass is 16.5. The van der Waals surface area contributed by atoms with Crippen LogP contribution in [0, 0.1) is 13.8 Å². The number of carbonyl (C=O) groups excluding carboxylic acids is 1. The normalized spacial score (nSPS) is 20.7. The molecule has 2 aromatic rings. The van der Waals surface area contributed by atoms with E-state index < -0.39 is 6.04 Å². The Bertz CT molecular complexity index is 727. The number of amides is 1. The quantitative estimate of drug-likeness (QED) is 0.886. The molecule has 0 aliphatic carbocycles. The van der Waals surface area contributed by atoms with E-state index in [1.807, 2.05) is 49.4 Å². The molecular formula is C18H20N2O2. The first-order valence-electron chi connectivity index (χ1n) is 7.33. The van der Waals surface area contributed by atoms with Crippen LogP contribution in [-0.4, -0.2) is 19.1 Å². The van der Waals surface area contributed by atoms with Gasteiger partial charge in [0.25, 0.3) is 0 Å². The minimum atomic E-state index is -0.506. The third-order valence-electron chi connectivity index (χ3n) is 4.34. The Hall–Kier alpha value is -2.33. The molecule has 2 aromatic carbocycles. The lowest BCUT2D eigenvalue weighted by molar-refractivity contribution is -0.126. The number of anilines is 1. The van der Waals surface area contributed by atoms with Gasteiger partial charge in [0, 0.05) is 5.69 Å². The number of nitrogens with zero attached hydrogens (tertiary/aromatic N) is 1. The summed E-state index contributed by atoms with van der Waals surface area (Å²) in [5.41, 5.74) is 10.3. The van der Waals surface area contributed by atoms with Crippen molar-refractivity contribution in [2.24, 2.45) is 5.73 Å². The van der Waals surface area contributed by atoms with Crippen LogP contribution in [0.5, 0.6) is 5.75 Å². The van der Waals surface area contributed by atoms with Gasteiger partial charge in [-0.05, 0) is 54.8 Å². The fourth-order valence-electron chi connectivity index (χ4n) is 2.86. The fourth-order valence-corrected chi connectivity index (χ4v) is 2.86. The van der Waals surface area contributed by atoms with Crippen molar-refractivity contribution in [3.05, 3.63) is 59.2 Å². The Morgan fingerprint density at radius 2 is 1.86 bits per heavy atom. The lowest BCUT2D eigenvalue weighted by Gasteiger charge is -2.45. The maximum absolute atomic E-state index is 12.3. The maximum Gasteiger partial charge on any atom is 0.247 e. The number of aryl methyl sites for hydroxylation is 2. The first-order valence-corrected chi connectivity index (χ1v) is 7.33. The van der Waals surface area contributed by atoms with Gasteiger partial charge in [-0.2, -0.15) is 0 Å². The molecule has 2 atom stereocenters. The number of hydrogen-bond donors (Lipinski definition) is 1. The summed E-state index contributed by atoms with van der Waals surface area (Å²) >= 11 is 0. The van der Waals surface area contributed by atoms with Gasteiger partial charge in [0.2, 0.25) is 5.91 Å². The zero-order chi connectivity index (χ0) is 15.9. The number of benzene rings is 2. The molecule has 4 heteroatoms. The minimum absolute atomic E-state index is 0.0453. The Labute approximate surface area is 130 Å². The van der Waals surface area contributed by atoms with Crippen LogP contribution >= 0.6 is 0 Å². The molecule has 1 aliphatic heterocycles. The van der Waals surface area contributed by atoms with E-state index in [0.717, 1.165) is 22.6 Å². The fraction of sp³-hybridized carbons (Fsp3) is 0.278. The van der Waals surface area contributed by atoms with E-state index in [1.54, 1.807) is 12.0 Å². The number of methoxy groups -OCH3 is 1. The topological polar surface area (TPSA) is 55.6 Å². The Morgan fingerprint density at radius 1 is 1.09 bits per heavy atom. The van der Waals surface area contributed by atoms with Crippen molar-refractivity contribution in [2.75, 3.05) is 12.0 Å². The summed E-state index contributed by atoms with van der Waals surface area (Å²) in [6, 6.07) is 13.1. The average molecular weight is 296 g/mol. The van der Waals surface area contributed by atoms with Gasteiger partial charge in [-0.15, -0.1) is 0 Å². The smallest absolute Gasteiger partial charge is 0.247 e. The summed E-state index contributed by atoms with van der Waals surface area (Å²) in [4.78, 5) is 14.0. The highest BCUT2D eigenvalue weighted by Gasteiger charge is 2.46. The molecule has 1 fully saturated rings. The van der Waals surface area contributed by atoms with Gasteiger partial charge in [0.1, 0.15) is 11.8 Å². The molecule has 22 heavy (non-hydrogen) atoms. The number of hydrogen-bond acceptors (Lipinski definition) is 3. The van der Waals surface area contributed by atoms with Crippen LogP contribution in [0.1, 0.15) is 22.7 Å². The van der Waals surface area contributed by atoms with Crippen molar-refractivity contribution < 1.29 is 9.53 Å². The van der Waals surface area contributed by atoms with Crippen molar-refractivity contribution in [1.29, 1.82) is 0 Å². The number of rotatable bonds is 3. The third kappa shape index (κ3) is 2.25. The van der Waals surface area contributed by atoms with Crippen LogP contribution in [0.25, 0.3) is 0 Å². The van der Waals surface area contributed by atoms with Gasteiger partial charge in [-0.25, -0.2) is 0 Å². The predicted molar refractivity (Wildman–Crippen MR) is 87.1 cm³/mol. The van der Waals surface area contributed by atoms with E-state index in [-0.39, 0.29) is 11.9 Å². The van der Waals surface area contributed by atoms with Crippen molar-refractivity contribution in [1.82, 2.24) is 0 Å². The molecule has 114 valence electrons. The van der Waals surface area contributed by atoms with Crippen LogP contribution < -0.4 is 15.4 Å². The molecule has 4 nitrogen and oxygen atoms in total. The summed E-state index contributed by atoms with van der Waals surface area (Å²) in [6.07, 6.45) is 0. The second-order valence-corrected chi connectivity index (χ2v) is 5.72. The van der Waals surface area contributed by atoms with Gasteiger partial charge in [0.05, 0.1) is 13.2 Å². The summed E-state index contributed by atoms with van der Waals surface area (Å²) in [7, 11) is 1.63. The van der Waals surface area contributed by atoms with E-state index in [1.165, 1.54) is 5.56 Å². The van der Waals surface area contributed by atoms with Crippen LogP contribution in [-0.2, 0) is 4.79 Å². The van der Waals surface area contributed by atoms with Crippen molar-refractivity contribution >= 4 is 11.6 Å². The van der Waals surface area contributed by atoms with Gasteiger partial charge < -0.3 is 15.4 Å². The van der Waals surface area contributed by atoms with Crippen LogP contribution in [0.15, 0.2) is 42.5 Å². The highest BCUT2D eigenvalue weighted by molar-refractivity contribution is 6.05. The SMILES string of the molecule is COc1cccc([C@@H]2[C@H](N)C(=O)N2c2ccc(C)c(C)c2)c1. The summed E-state index contributed by atoms with van der Waals surface area (Å²) in [5, 5.41) is 0. The van der Waals surface area contributed by atoms with Crippen LogP contribution in [0.2, 0.25) is 0 Å². The lowest BCUT2D eigenvalue weighted by atomic mass is 9.88. The molecule has 3 rings (SSSR count). The molecule has 2 N–H and O–H groups in total. The molecule has 1 saturated heterocycles. The average Bonchev–Trinajstić information content (AvgIpc) is 2.54. The number of β-lactam (4-membered cyclic amide) rings is 1. The first-order chi connectivity index (χ1) is 10.5. The van der Waals surface area contributed by atoms with Crippen LogP contribution in [0.3, 0.4) is 0 Å². The summed E-state index contributed by atoms with van der Waals surface area (Å²) < 4.78 is 5.27. The molecular weight excluding hydrogens is 276 g/mol. The minimum Gasteiger partial charge on any atom is -0.497 e. The largest absolute Gasteiger partial charge is 0.497 e. The van der Waals surface area contributed by atoms with Crippen molar-refractivity contribution in [2.45, 2.75) is 25.9 Å². The monoisotopic (exact) mass is 296 g/mol. The molecule has 1 aliphatic rings. The molecule has 0 radical (unpaired) electrons. The van der Waals surface area contributed by atoms with Crippen LogP contribution in [0.4, 0.5) is 5.69 Å². The molecule has 0 aromatic heterocycles. The molecule has 0 saturated carbocycles. The molecule has 0 bridgehead atoms. The van der Waals surface area contributed by atoms with E-state index in [4.69, 9.17) is 10.5 Å². The van der Waals surface area contributed by atoms with Crippen molar-refractivity contribution in [3.8, 4) is 5.75 Å². The van der Waals surface area contributed by atoms with E-state index in [2.05, 4.69) is 6.92 Å². The second-order valence-electron chi connectivity index (χ2n) is 5.72. The first kappa shape index (κ1) is 14.6. The third-order valence-corrected chi connectivity index (χ3v) is 4.34. The predicted octanol–water partition coefficient (Wildman–Crippen LogP) is 2.73. The highest BCUT2D eigenvalue weighted by Crippen LogP contribution is 2.39. The number of carbonyl (C=O) groups is 1. The molecule has 0 unspecified atom stereocenters. The Kier molecular flexibility index (Phi) is 3.62. The lowest BCUT2D eigenvalue weighted by Crippen LogP contribution is -2.63. The van der Waals surface area contributed by atoms with Gasteiger partial charge >= 0.3 is 0 Å². The Morgan fingerprint density at radius 3 is 2.55 bits per heavy atom. The number of nitrogens with two attached hydrogens (primary N) is 1. The summed E-state index contributed by atoms with van der Waals surface area (Å²) in [6.45, 7) is 4.10. The zero-order valence-corrected chi connectivity index (χ0v) is 13.0. The maximum atomic E-state index is 12.3.